The first kappa shape index (κ1) is 18.4. The maximum absolute atomic E-state index is 11.8. The first-order chi connectivity index (χ1) is 12.2. The monoisotopic (exact) mass is 368 g/mol. The maximum Gasteiger partial charge on any atom is 0.175 e. The van der Waals surface area contributed by atoms with Crippen LogP contribution in [-0.4, -0.2) is 24.5 Å². The molecular formula is C21H24N2O2S. The number of benzene rings is 2. The Labute approximate surface area is 155 Å². The van der Waals surface area contributed by atoms with Gasteiger partial charge in [-0.15, -0.1) is 0 Å². The predicted molar refractivity (Wildman–Crippen MR) is 106 cm³/mol. The molecular weight excluding hydrogens is 344 g/mol. The molecule has 0 aliphatic heterocycles. The fourth-order valence-electron chi connectivity index (χ4n) is 3.00. The third kappa shape index (κ3) is 4.05. The highest BCUT2D eigenvalue weighted by Gasteiger charge is 2.11. The van der Waals surface area contributed by atoms with Crippen LogP contribution in [-0.2, 0) is 16.4 Å². The molecule has 0 bridgehead atoms. The van der Waals surface area contributed by atoms with E-state index in [0.29, 0.717) is 10.8 Å². The molecule has 136 valence electrons. The number of hydrogen-bond acceptors (Lipinski definition) is 3. The van der Waals surface area contributed by atoms with Crippen LogP contribution in [0.2, 0.25) is 0 Å². The highest BCUT2D eigenvalue weighted by atomic mass is 32.2. The lowest BCUT2D eigenvalue weighted by Crippen LogP contribution is -2.07. The zero-order valence-electron chi connectivity index (χ0n) is 15.6. The van der Waals surface area contributed by atoms with Crippen molar-refractivity contribution in [3.8, 4) is 22.4 Å². The van der Waals surface area contributed by atoms with Crippen LogP contribution >= 0.6 is 0 Å². The van der Waals surface area contributed by atoms with Gasteiger partial charge >= 0.3 is 0 Å². The molecule has 0 amide bonds. The second-order valence-corrected chi connectivity index (χ2v) is 9.14. The van der Waals surface area contributed by atoms with Crippen LogP contribution in [0.25, 0.3) is 22.4 Å². The molecule has 0 aliphatic carbocycles. The largest absolute Gasteiger partial charge is 0.264 e. The first-order valence-corrected chi connectivity index (χ1v) is 10.6. The van der Waals surface area contributed by atoms with Crippen molar-refractivity contribution in [3.05, 3.63) is 60.3 Å². The van der Waals surface area contributed by atoms with E-state index in [-0.39, 0.29) is 0 Å². The molecule has 5 heteroatoms. The van der Waals surface area contributed by atoms with Crippen LogP contribution in [0.1, 0.15) is 19.5 Å². The highest BCUT2D eigenvalue weighted by molar-refractivity contribution is 7.90. The van der Waals surface area contributed by atoms with Crippen LogP contribution in [0.5, 0.6) is 0 Å². The molecule has 0 atom stereocenters. The van der Waals surface area contributed by atoms with Gasteiger partial charge in [-0.2, -0.15) is 5.10 Å². The second kappa shape index (κ2) is 7.08. The standard InChI is InChI=1S/C21H24N2O2S/c1-15(2)14-23-21(12-16(3)22-23)18-10-8-17(9-11-18)19-6-5-7-20(13-19)26(4,24)25/h5-13,15H,14H2,1-4H3. The summed E-state index contributed by atoms with van der Waals surface area (Å²) in [7, 11) is -3.21. The van der Waals surface area contributed by atoms with Crippen molar-refractivity contribution in [1.82, 2.24) is 9.78 Å². The molecule has 3 rings (SSSR count). The molecule has 0 saturated heterocycles. The molecule has 4 nitrogen and oxygen atoms in total. The molecule has 0 aliphatic rings. The molecule has 0 saturated carbocycles. The second-order valence-electron chi connectivity index (χ2n) is 7.12. The fraction of sp³-hybridized carbons (Fsp3) is 0.286. The summed E-state index contributed by atoms with van der Waals surface area (Å²) in [5, 5.41) is 4.60. The molecule has 1 heterocycles. The van der Waals surface area contributed by atoms with E-state index in [1.54, 1.807) is 18.2 Å². The van der Waals surface area contributed by atoms with Crippen molar-refractivity contribution < 1.29 is 8.42 Å². The van der Waals surface area contributed by atoms with Gasteiger partial charge in [-0.1, -0.05) is 50.2 Å². The van der Waals surface area contributed by atoms with E-state index in [4.69, 9.17) is 0 Å². The van der Waals surface area contributed by atoms with Crippen molar-refractivity contribution in [2.24, 2.45) is 5.92 Å². The molecule has 2 aromatic carbocycles. The number of hydrogen-bond donors (Lipinski definition) is 0. The minimum absolute atomic E-state index is 0.338. The third-order valence-corrected chi connectivity index (χ3v) is 5.33. The predicted octanol–water partition coefficient (Wildman–Crippen LogP) is 4.59. The topological polar surface area (TPSA) is 52.0 Å². The number of aromatic nitrogens is 2. The summed E-state index contributed by atoms with van der Waals surface area (Å²) in [5.41, 5.74) is 5.10. The Bertz CT molecular complexity index is 1020. The number of sulfone groups is 1. The van der Waals surface area contributed by atoms with E-state index >= 15 is 0 Å². The Hall–Kier alpha value is -2.40. The fourth-order valence-corrected chi connectivity index (χ4v) is 3.67. The summed E-state index contributed by atoms with van der Waals surface area (Å²) >= 11 is 0. The zero-order valence-corrected chi connectivity index (χ0v) is 16.4. The summed E-state index contributed by atoms with van der Waals surface area (Å²) in [5.74, 6) is 0.519. The van der Waals surface area contributed by atoms with Crippen molar-refractivity contribution in [3.63, 3.8) is 0 Å². The van der Waals surface area contributed by atoms with Crippen molar-refractivity contribution >= 4 is 9.84 Å². The Morgan fingerprint density at radius 2 is 1.62 bits per heavy atom. The number of rotatable bonds is 5. The molecule has 0 unspecified atom stereocenters. The van der Waals surface area contributed by atoms with Crippen molar-refractivity contribution in [1.29, 1.82) is 0 Å². The van der Waals surface area contributed by atoms with Gasteiger partial charge in [0.05, 0.1) is 16.3 Å². The lowest BCUT2D eigenvalue weighted by Gasteiger charge is -2.11. The van der Waals surface area contributed by atoms with E-state index in [1.807, 2.05) is 25.1 Å². The zero-order chi connectivity index (χ0) is 18.9. The minimum Gasteiger partial charge on any atom is -0.264 e. The van der Waals surface area contributed by atoms with Gasteiger partial charge in [0.15, 0.2) is 9.84 Å². The van der Waals surface area contributed by atoms with E-state index in [0.717, 1.165) is 34.6 Å². The minimum atomic E-state index is -3.21. The van der Waals surface area contributed by atoms with E-state index in [9.17, 15) is 8.42 Å². The smallest absolute Gasteiger partial charge is 0.175 e. The Morgan fingerprint density at radius 3 is 2.23 bits per heavy atom. The van der Waals surface area contributed by atoms with Crippen LogP contribution in [0, 0.1) is 12.8 Å². The summed E-state index contributed by atoms with van der Waals surface area (Å²) in [6.45, 7) is 7.24. The SMILES string of the molecule is Cc1cc(-c2ccc(-c3cccc(S(C)(=O)=O)c3)cc2)n(CC(C)C)n1. The number of aryl methyl sites for hydroxylation is 1. The lowest BCUT2D eigenvalue weighted by molar-refractivity contribution is 0.485. The van der Waals surface area contributed by atoms with Gasteiger partial charge in [0.25, 0.3) is 0 Å². The molecule has 3 aromatic rings. The van der Waals surface area contributed by atoms with Crippen molar-refractivity contribution in [2.75, 3.05) is 6.26 Å². The Morgan fingerprint density at radius 1 is 0.962 bits per heavy atom. The van der Waals surface area contributed by atoms with Gasteiger partial charge in [-0.3, -0.25) is 4.68 Å². The quantitative estimate of drug-likeness (QED) is 0.662. The summed E-state index contributed by atoms with van der Waals surface area (Å²) in [6, 6.07) is 17.3. The van der Waals surface area contributed by atoms with Crippen LogP contribution in [0.4, 0.5) is 0 Å². The van der Waals surface area contributed by atoms with Crippen LogP contribution < -0.4 is 0 Å². The molecule has 0 N–H and O–H groups in total. The lowest BCUT2D eigenvalue weighted by atomic mass is 10.0. The van der Waals surface area contributed by atoms with Crippen LogP contribution in [0.3, 0.4) is 0 Å². The Balaban J connectivity index is 1.95. The normalized spacial score (nSPS) is 11.9. The summed E-state index contributed by atoms with van der Waals surface area (Å²) in [4.78, 5) is 0.338. The summed E-state index contributed by atoms with van der Waals surface area (Å²) in [6.07, 6.45) is 1.23. The average molecular weight is 369 g/mol. The summed E-state index contributed by atoms with van der Waals surface area (Å²) < 4.78 is 25.6. The third-order valence-electron chi connectivity index (χ3n) is 4.22. The van der Waals surface area contributed by atoms with E-state index < -0.39 is 9.84 Å². The molecule has 1 aromatic heterocycles. The van der Waals surface area contributed by atoms with Gasteiger partial charge in [-0.05, 0) is 47.7 Å². The molecule has 0 radical (unpaired) electrons. The number of nitrogens with zero attached hydrogens (tertiary/aromatic N) is 2. The maximum atomic E-state index is 11.8. The van der Waals surface area contributed by atoms with Gasteiger partial charge in [-0.25, -0.2) is 8.42 Å². The van der Waals surface area contributed by atoms with Gasteiger partial charge in [0.2, 0.25) is 0 Å². The van der Waals surface area contributed by atoms with E-state index in [2.05, 4.69) is 41.8 Å². The molecule has 0 spiro atoms. The van der Waals surface area contributed by atoms with E-state index in [1.165, 1.54) is 6.26 Å². The van der Waals surface area contributed by atoms with Crippen molar-refractivity contribution in [2.45, 2.75) is 32.2 Å². The van der Waals surface area contributed by atoms with Gasteiger partial charge < -0.3 is 0 Å². The highest BCUT2D eigenvalue weighted by Crippen LogP contribution is 2.27. The molecule has 0 fully saturated rings. The van der Waals surface area contributed by atoms with Gasteiger partial charge in [0.1, 0.15) is 0 Å². The van der Waals surface area contributed by atoms with Crippen LogP contribution in [0.15, 0.2) is 59.5 Å². The average Bonchev–Trinajstić information content (AvgIpc) is 2.94. The molecule has 26 heavy (non-hydrogen) atoms. The van der Waals surface area contributed by atoms with Gasteiger partial charge in [0, 0.05) is 12.8 Å². The first-order valence-electron chi connectivity index (χ1n) is 8.69. The Kier molecular flexibility index (Phi) is 5.01.